The van der Waals surface area contributed by atoms with Crippen LogP contribution in [0.5, 0.6) is 0 Å². The van der Waals surface area contributed by atoms with Crippen molar-refractivity contribution in [3.05, 3.63) is 11.5 Å². The molecule has 0 spiro atoms. The highest BCUT2D eigenvalue weighted by Gasteiger charge is 2.77. The highest BCUT2D eigenvalue weighted by atomic mass is 17.2. The number of hydrogen-bond acceptors (Lipinski definition) is 8. The second-order valence-electron chi connectivity index (χ2n) is 12.3. The number of hydrogen-bond donors (Lipinski definition) is 0. The second-order valence-corrected chi connectivity index (χ2v) is 12.3. The summed E-state index contributed by atoms with van der Waals surface area (Å²) in [4.78, 5) is 12.4. The lowest BCUT2D eigenvalue weighted by molar-refractivity contribution is -0.488. The molecule has 0 fully saturated rings. The number of unbranched alkanes of at least 4 members (excludes halogenated alkanes) is 12. The summed E-state index contributed by atoms with van der Waals surface area (Å²) in [5.74, 6) is -0.608. The topological polar surface area (TPSA) is 73.8 Å². The first-order valence-corrected chi connectivity index (χ1v) is 19.3. The van der Waals surface area contributed by atoms with Gasteiger partial charge in [0.15, 0.2) is 17.5 Å². The van der Waals surface area contributed by atoms with E-state index >= 15 is 0 Å². The van der Waals surface area contributed by atoms with E-state index in [2.05, 4.69) is 13.8 Å². The molecule has 0 aliphatic heterocycles. The predicted molar refractivity (Wildman–Crippen MR) is 187 cm³/mol. The Morgan fingerprint density at radius 3 is 1.48 bits per heavy atom. The van der Waals surface area contributed by atoms with Crippen LogP contribution in [-0.4, -0.2) is 69.3 Å². The van der Waals surface area contributed by atoms with Crippen molar-refractivity contribution in [2.45, 2.75) is 188 Å². The summed E-state index contributed by atoms with van der Waals surface area (Å²) >= 11 is 0. The molecular formula is C38H74O8. The Kier molecular flexibility index (Phi) is 23.6. The molecule has 0 N–H and O–H groups in total. The minimum atomic E-state index is -1.58. The van der Waals surface area contributed by atoms with Gasteiger partial charge in [-0.25, -0.2) is 4.89 Å². The third-order valence-corrected chi connectivity index (χ3v) is 9.04. The van der Waals surface area contributed by atoms with Crippen molar-refractivity contribution in [1.82, 2.24) is 0 Å². The van der Waals surface area contributed by atoms with Gasteiger partial charge in [0.2, 0.25) is 5.76 Å². The van der Waals surface area contributed by atoms with E-state index in [0.717, 1.165) is 25.7 Å². The van der Waals surface area contributed by atoms with Crippen molar-refractivity contribution in [1.29, 1.82) is 0 Å². The summed E-state index contributed by atoms with van der Waals surface area (Å²) in [5, 5.41) is 0. The monoisotopic (exact) mass is 659 g/mol. The second kappa shape index (κ2) is 25.1. The molecular weight excluding hydrogens is 584 g/mol. The summed E-state index contributed by atoms with van der Waals surface area (Å²) in [6.07, 6.45) is 17.2. The lowest BCUT2D eigenvalue weighted by atomic mass is 9.62. The molecule has 1 aliphatic rings. The van der Waals surface area contributed by atoms with Gasteiger partial charge in [0.25, 0.3) is 5.79 Å². The third-order valence-electron chi connectivity index (χ3n) is 9.04. The quantitative estimate of drug-likeness (QED) is 0.0315. The van der Waals surface area contributed by atoms with Crippen LogP contribution in [0.1, 0.15) is 165 Å². The van der Waals surface area contributed by atoms with Gasteiger partial charge in [0.05, 0.1) is 19.8 Å². The van der Waals surface area contributed by atoms with E-state index in [1.54, 1.807) is 0 Å². The van der Waals surface area contributed by atoms with Gasteiger partial charge in [-0.3, -0.25) is 0 Å². The standard InChI is InChI=1S/C38H74O8/c1-10-19-21-23-25-27-29-31-36(42-15-6)34(40-13-4)33(39-12-3)35(41-14-5)38(44-17-8,46-45-18-9)37(36,43-16-7)32-30-28-26-24-22-20-11-2/h34H,10-32H2,1-9H3. The zero-order valence-corrected chi connectivity index (χ0v) is 31.6. The molecule has 1 rings (SSSR count). The van der Waals surface area contributed by atoms with Gasteiger partial charge >= 0.3 is 0 Å². The molecule has 0 saturated carbocycles. The fourth-order valence-corrected chi connectivity index (χ4v) is 7.25. The van der Waals surface area contributed by atoms with Crippen molar-refractivity contribution in [3.8, 4) is 0 Å². The molecule has 1 aliphatic carbocycles. The molecule has 46 heavy (non-hydrogen) atoms. The molecule has 4 unspecified atom stereocenters. The van der Waals surface area contributed by atoms with Gasteiger partial charge in [-0.15, -0.1) is 0 Å². The largest absolute Gasteiger partial charge is 0.492 e. The van der Waals surface area contributed by atoms with E-state index in [9.17, 15) is 0 Å². The summed E-state index contributed by atoms with van der Waals surface area (Å²) in [6.45, 7) is 21.3. The van der Waals surface area contributed by atoms with E-state index in [4.69, 9.17) is 38.2 Å². The van der Waals surface area contributed by atoms with Crippen LogP contribution in [0.4, 0.5) is 0 Å². The lowest BCUT2D eigenvalue weighted by Gasteiger charge is -2.62. The Balaban J connectivity index is 4.02. The van der Waals surface area contributed by atoms with Crippen LogP contribution in [0, 0.1) is 0 Å². The van der Waals surface area contributed by atoms with Gasteiger partial charge in [0.1, 0.15) is 5.60 Å². The van der Waals surface area contributed by atoms with Crippen molar-refractivity contribution >= 4 is 0 Å². The Labute approximate surface area is 283 Å². The molecule has 274 valence electrons. The smallest absolute Gasteiger partial charge is 0.295 e. The zero-order valence-electron chi connectivity index (χ0n) is 31.6. The van der Waals surface area contributed by atoms with Crippen molar-refractivity contribution in [3.63, 3.8) is 0 Å². The molecule has 8 nitrogen and oxygen atoms in total. The van der Waals surface area contributed by atoms with E-state index in [0.29, 0.717) is 70.6 Å². The highest BCUT2D eigenvalue weighted by Crippen LogP contribution is 2.59. The summed E-state index contributed by atoms with van der Waals surface area (Å²) < 4.78 is 40.8. The first-order chi connectivity index (χ1) is 22.5. The molecule has 0 aromatic rings. The van der Waals surface area contributed by atoms with Crippen LogP contribution in [0.2, 0.25) is 0 Å². The van der Waals surface area contributed by atoms with Crippen molar-refractivity contribution < 1.29 is 38.2 Å². The molecule has 0 heterocycles. The van der Waals surface area contributed by atoms with Crippen LogP contribution >= 0.6 is 0 Å². The fourth-order valence-electron chi connectivity index (χ4n) is 7.25. The minimum Gasteiger partial charge on any atom is -0.492 e. The average Bonchev–Trinajstić information content (AvgIpc) is 3.05. The zero-order chi connectivity index (χ0) is 34.2. The average molecular weight is 659 g/mol. The summed E-state index contributed by atoms with van der Waals surface area (Å²) in [7, 11) is 0. The number of ether oxygens (including phenoxy) is 6. The maximum atomic E-state index is 7.13. The summed E-state index contributed by atoms with van der Waals surface area (Å²) in [5.41, 5.74) is -2.16. The molecule has 0 aromatic carbocycles. The molecule has 0 amide bonds. The van der Waals surface area contributed by atoms with Gasteiger partial charge in [0, 0.05) is 26.4 Å². The van der Waals surface area contributed by atoms with Crippen LogP contribution in [-0.2, 0) is 38.2 Å². The maximum Gasteiger partial charge on any atom is 0.295 e. The fraction of sp³-hybridized carbons (Fsp3) is 0.947. The molecule has 0 saturated heterocycles. The van der Waals surface area contributed by atoms with Gasteiger partial charge in [-0.2, -0.15) is 4.89 Å². The Bertz CT molecular complexity index is 776. The Hall–Kier alpha value is -0.900. The normalized spacial score (nSPS) is 24.9. The van der Waals surface area contributed by atoms with Gasteiger partial charge < -0.3 is 28.4 Å². The van der Waals surface area contributed by atoms with E-state index in [1.165, 1.54) is 64.2 Å². The van der Waals surface area contributed by atoms with E-state index < -0.39 is 23.1 Å². The summed E-state index contributed by atoms with van der Waals surface area (Å²) in [6, 6.07) is 0. The molecule has 4 atom stereocenters. The maximum absolute atomic E-state index is 7.13. The van der Waals surface area contributed by atoms with Crippen LogP contribution in [0.25, 0.3) is 0 Å². The molecule has 0 radical (unpaired) electrons. The molecule has 0 aromatic heterocycles. The van der Waals surface area contributed by atoms with Crippen LogP contribution in [0.3, 0.4) is 0 Å². The van der Waals surface area contributed by atoms with Crippen LogP contribution < -0.4 is 0 Å². The van der Waals surface area contributed by atoms with Crippen LogP contribution in [0.15, 0.2) is 11.5 Å². The molecule has 8 heteroatoms. The first-order valence-electron chi connectivity index (χ1n) is 19.3. The Morgan fingerprint density at radius 2 is 1.00 bits per heavy atom. The van der Waals surface area contributed by atoms with Crippen molar-refractivity contribution in [2.24, 2.45) is 0 Å². The minimum absolute atomic E-state index is 0.326. The first kappa shape index (κ1) is 43.1. The molecule has 0 bridgehead atoms. The predicted octanol–water partition coefficient (Wildman–Crippen LogP) is 10.2. The SMILES string of the molecule is CCCCCCCCCC1(OCC)C(OCC)C(OCC)=C(OCC)C(OCC)(OOCC)C1(CCCCCCCCC)OCC. The van der Waals surface area contributed by atoms with E-state index in [-0.39, 0.29) is 0 Å². The van der Waals surface area contributed by atoms with Gasteiger partial charge in [-0.1, -0.05) is 104 Å². The number of rotatable bonds is 31. The highest BCUT2D eigenvalue weighted by molar-refractivity contribution is 5.36. The third kappa shape index (κ3) is 11.1. The lowest BCUT2D eigenvalue weighted by Crippen LogP contribution is -2.79. The van der Waals surface area contributed by atoms with Crippen molar-refractivity contribution in [2.75, 3.05) is 46.2 Å². The Morgan fingerprint density at radius 1 is 0.478 bits per heavy atom. The van der Waals surface area contributed by atoms with Gasteiger partial charge in [-0.05, 0) is 61.3 Å². The van der Waals surface area contributed by atoms with E-state index in [1.807, 2.05) is 48.5 Å².